The molecule has 0 bridgehead atoms. The van der Waals surface area contributed by atoms with Crippen LogP contribution in [-0.4, -0.2) is 20.7 Å². The van der Waals surface area contributed by atoms with Gasteiger partial charge >= 0.3 is 0 Å². The summed E-state index contributed by atoms with van der Waals surface area (Å²) in [4.78, 5) is 15.9. The lowest BCUT2D eigenvalue weighted by Crippen LogP contribution is -2.28. The van der Waals surface area contributed by atoms with Gasteiger partial charge in [-0.1, -0.05) is 11.6 Å². The van der Waals surface area contributed by atoms with Gasteiger partial charge in [-0.05, 0) is 45.4 Å². The summed E-state index contributed by atoms with van der Waals surface area (Å²) >= 11 is 0. The molecule has 5 heteroatoms. The Kier molecular flexibility index (Phi) is 4.18. The zero-order chi connectivity index (χ0) is 17.4. The number of hydrogen-bond acceptors (Lipinski definition) is 2. The average molecular weight is 324 g/mol. The molecule has 0 radical (unpaired) electrons. The van der Waals surface area contributed by atoms with Crippen molar-refractivity contribution in [3.05, 3.63) is 52.5 Å². The molecule has 1 unspecified atom stereocenters. The zero-order valence-electron chi connectivity index (χ0n) is 14.9. The predicted octanol–water partition coefficient (Wildman–Crippen LogP) is 3.25. The standard InChI is InChI=1S/C19H24N4O/c1-11-6-7-18-16(8-11)15(12(2)21-18)9-19(24)22-13(3)17-10-20-23(5)14(17)4/h6-8,10,13,21H,9H2,1-5H3,(H,22,24). The molecule has 1 atom stereocenters. The van der Waals surface area contributed by atoms with E-state index in [1.165, 1.54) is 5.56 Å². The van der Waals surface area contributed by atoms with Crippen LogP contribution in [-0.2, 0) is 18.3 Å². The topological polar surface area (TPSA) is 62.7 Å². The van der Waals surface area contributed by atoms with E-state index in [9.17, 15) is 4.79 Å². The number of nitrogens with one attached hydrogen (secondary N) is 2. The Labute approximate surface area is 142 Å². The summed E-state index contributed by atoms with van der Waals surface area (Å²) in [5.74, 6) is 0.0243. The fourth-order valence-corrected chi connectivity index (χ4v) is 3.20. The van der Waals surface area contributed by atoms with Gasteiger partial charge < -0.3 is 10.3 Å². The van der Waals surface area contributed by atoms with Crippen LogP contribution in [0.2, 0.25) is 0 Å². The Morgan fingerprint density at radius 3 is 2.75 bits per heavy atom. The van der Waals surface area contributed by atoms with Crippen LogP contribution in [0.4, 0.5) is 0 Å². The third-order valence-electron chi connectivity index (χ3n) is 4.73. The molecular formula is C19H24N4O. The predicted molar refractivity (Wildman–Crippen MR) is 96.0 cm³/mol. The molecule has 0 aliphatic rings. The summed E-state index contributed by atoms with van der Waals surface area (Å²) in [7, 11) is 1.91. The smallest absolute Gasteiger partial charge is 0.224 e. The van der Waals surface area contributed by atoms with Crippen LogP contribution in [0.25, 0.3) is 10.9 Å². The minimum absolute atomic E-state index is 0.0243. The molecule has 126 valence electrons. The number of H-pyrrole nitrogens is 1. The van der Waals surface area contributed by atoms with Gasteiger partial charge in [0.25, 0.3) is 0 Å². The maximum absolute atomic E-state index is 12.5. The first-order valence-electron chi connectivity index (χ1n) is 8.22. The number of rotatable bonds is 4. The van der Waals surface area contributed by atoms with Crippen molar-refractivity contribution in [2.75, 3.05) is 0 Å². The fourth-order valence-electron chi connectivity index (χ4n) is 3.20. The van der Waals surface area contributed by atoms with Crippen molar-refractivity contribution in [1.29, 1.82) is 0 Å². The molecule has 0 aliphatic carbocycles. The Balaban J connectivity index is 1.79. The zero-order valence-corrected chi connectivity index (χ0v) is 14.9. The normalized spacial score (nSPS) is 12.5. The van der Waals surface area contributed by atoms with Gasteiger partial charge in [0.15, 0.2) is 0 Å². The molecule has 2 heterocycles. The first-order valence-corrected chi connectivity index (χ1v) is 8.22. The third-order valence-corrected chi connectivity index (χ3v) is 4.73. The Morgan fingerprint density at radius 2 is 2.08 bits per heavy atom. The van der Waals surface area contributed by atoms with E-state index in [1.54, 1.807) is 0 Å². The molecule has 3 aromatic rings. The average Bonchev–Trinajstić information content (AvgIpc) is 3.00. The van der Waals surface area contributed by atoms with E-state index >= 15 is 0 Å². The number of fused-ring (bicyclic) bond motifs is 1. The summed E-state index contributed by atoms with van der Waals surface area (Å²) in [6.45, 7) is 8.09. The number of aryl methyl sites for hydroxylation is 3. The first-order chi connectivity index (χ1) is 11.4. The molecule has 2 N–H and O–H groups in total. The Hall–Kier alpha value is -2.56. The monoisotopic (exact) mass is 324 g/mol. The summed E-state index contributed by atoms with van der Waals surface area (Å²) in [6, 6.07) is 6.23. The summed E-state index contributed by atoms with van der Waals surface area (Å²) in [5.41, 5.74) is 6.52. The van der Waals surface area contributed by atoms with E-state index < -0.39 is 0 Å². The van der Waals surface area contributed by atoms with E-state index in [0.29, 0.717) is 6.42 Å². The maximum atomic E-state index is 12.5. The maximum Gasteiger partial charge on any atom is 0.224 e. The SMILES string of the molecule is Cc1ccc2[nH]c(C)c(CC(=O)NC(C)c3cnn(C)c3C)c2c1. The van der Waals surface area contributed by atoms with Crippen LogP contribution in [0.15, 0.2) is 24.4 Å². The van der Waals surface area contributed by atoms with Crippen LogP contribution < -0.4 is 5.32 Å². The molecule has 1 amide bonds. The lowest BCUT2D eigenvalue weighted by molar-refractivity contribution is -0.121. The summed E-state index contributed by atoms with van der Waals surface area (Å²) < 4.78 is 1.82. The number of benzene rings is 1. The number of carbonyl (C=O) groups is 1. The number of aromatic amines is 1. The van der Waals surface area contributed by atoms with Crippen LogP contribution in [0.5, 0.6) is 0 Å². The highest BCUT2D eigenvalue weighted by Gasteiger charge is 2.17. The van der Waals surface area contributed by atoms with Gasteiger partial charge in [-0.2, -0.15) is 5.10 Å². The van der Waals surface area contributed by atoms with Crippen LogP contribution in [0.1, 0.15) is 41.0 Å². The molecule has 3 rings (SSSR count). The van der Waals surface area contributed by atoms with Crippen LogP contribution >= 0.6 is 0 Å². The quantitative estimate of drug-likeness (QED) is 0.774. The molecular weight excluding hydrogens is 300 g/mol. The molecule has 1 aromatic carbocycles. The van der Waals surface area contributed by atoms with Crippen molar-refractivity contribution in [3.63, 3.8) is 0 Å². The number of amides is 1. The second kappa shape index (κ2) is 6.15. The van der Waals surface area contributed by atoms with Crippen molar-refractivity contribution in [1.82, 2.24) is 20.1 Å². The van der Waals surface area contributed by atoms with E-state index in [0.717, 1.165) is 33.4 Å². The second-order valence-electron chi connectivity index (χ2n) is 6.55. The van der Waals surface area contributed by atoms with Gasteiger partial charge in [0.2, 0.25) is 5.91 Å². The molecule has 0 spiro atoms. The summed E-state index contributed by atoms with van der Waals surface area (Å²) in [6.07, 6.45) is 2.19. The van der Waals surface area contributed by atoms with Crippen molar-refractivity contribution in [3.8, 4) is 0 Å². The molecule has 0 aliphatic heterocycles. The number of hydrogen-bond donors (Lipinski definition) is 2. The van der Waals surface area contributed by atoms with Crippen molar-refractivity contribution < 1.29 is 4.79 Å². The lowest BCUT2D eigenvalue weighted by Gasteiger charge is -2.14. The highest BCUT2D eigenvalue weighted by atomic mass is 16.1. The molecule has 0 saturated heterocycles. The van der Waals surface area contributed by atoms with E-state index in [1.807, 2.05) is 38.7 Å². The van der Waals surface area contributed by atoms with E-state index in [4.69, 9.17) is 0 Å². The number of carbonyl (C=O) groups excluding carboxylic acids is 1. The molecule has 0 fully saturated rings. The molecule has 0 saturated carbocycles. The largest absolute Gasteiger partial charge is 0.358 e. The van der Waals surface area contributed by atoms with Gasteiger partial charge in [0, 0.05) is 34.9 Å². The molecule has 2 aromatic heterocycles. The fraction of sp³-hybridized carbons (Fsp3) is 0.368. The highest BCUT2D eigenvalue weighted by molar-refractivity contribution is 5.90. The van der Waals surface area contributed by atoms with Gasteiger partial charge in [-0.25, -0.2) is 0 Å². The van der Waals surface area contributed by atoms with Crippen molar-refractivity contribution in [2.24, 2.45) is 7.05 Å². The van der Waals surface area contributed by atoms with Crippen molar-refractivity contribution in [2.45, 2.75) is 40.2 Å². The minimum Gasteiger partial charge on any atom is -0.358 e. The van der Waals surface area contributed by atoms with E-state index in [2.05, 4.69) is 40.5 Å². The Morgan fingerprint density at radius 1 is 1.33 bits per heavy atom. The van der Waals surface area contributed by atoms with Crippen LogP contribution in [0.3, 0.4) is 0 Å². The number of aromatic nitrogens is 3. The number of nitrogens with zero attached hydrogens (tertiary/aromatic N) is 2. The van der Waals surface area contributed by atoms with Gasteiger partial charge in [-0.3, -0.25) is 9.48 Å². The third kappa shape index (κ3) is 2.94. The molecule has 24 heavy (non-hydrogen) atoms. The van der Waals surface area contributed by atoms with E-state index in [-0.39, 0.29) is 11.9 Å². The van der Waals surface area contributed by atoms with Gasteiger partial charge in [0.1, 0.15) is 0 Å². The lowest BCUT2D eigenvalue weighted by atomic mass is 10.0. The van der Waals surface area contributed by atoms with Crippen LogP contribution in [0, 0.1) is 20.8 Å². The van der Waals surface area contributed by atoms with Gasteiger partial charge in [-0.15, -0.1) is 0 Å². The summed E-state index contributed by atoms with van der Waals surface area (Å²) in [5, 5.41) is 8.47. The second-order valence-corrected chi connectivity index (χ2v) is 6.55. The minimum atomic E-state index is -0.0570. The van der Waals surface area contributed by atoms with Gasteiger partial charge in [0.05, 0.1) is 18.7 Å². The Bertz CT molecular complexity index is 904. The first kappa shape index (κ1) is 16.3. The van der Waals surface area contributed by atoms with Crippen molar-refractivity contribution >= 4 is 16.8 Å². The highest BCUT2D eigenvalue weighted by Crippen LogP contribution is 2.24. The molecule has 5 nitrogen and oxygen atoms in total.